The van der Waals surface area contributed by atoms with Crippen molar-refractivity contribution in [2.24, 2.45) is 5.73 Å². The van der Waals surface area contributed by atoms with Crippen LogP contribution < -0.4 is 5.73 Å². The Morgan fingerprint density at radius 2 is 2.36 bits per heavy atom. The Morgan fingerprint density at radius 3 is 3.14 bits per heavy atom. The molecule has 5 heteroatoms. The molecular formula is C9H11BrN4. The molecule has 2 aromatic heterocycles. The minimum Gasteiger partial charge on any atom is -0.341 e. The molecule has 0 aliphatic heterocycles. The van der Waals surface area contributed by atoms with E-state index < -0.39 is 0 Å². The summed E-state index contributed by atoms with van der Waals surface area (Å²) in [5.74, 6) is 0.955. The van der Waals surface area contributed by atoms with Gasteiger partial charge in [-0.1, -0.05) is 0 Å². The molecule has 0 atom stereocenters. The van der Waals surface area contributed by atoms with Crippen LogP contribution in [-0.2, 0) is 6.42 Å². The molecule has 0 aliphatic rings. The van der Waals surface area contributed by atoms with Crippen molar-refractivity contribution >= 4 is 27.1 Å². The van der Waals surface area contributed by atoms with E-state index in [-0.39, 0.29) is 0 Å². The summed E-state index contributed by atoms with van der Waals surface area (Å²) in [6, 6.07) is 1.97. The number of H-pyrrole nitrogens is 1. The van der Waals surface area contributed by atoms with Crippen molar-refractivity contribution in [1.29, 1.82) is 0 Å². The number of aryl methyl sites for hydroxylation is 1. The van der Waals surface area contributed by atoms with Gasteiger partial charge < -0.3 is 10.7 Å². The van der Waals surface area contributed by atoms with Gasteiger partial charge in [-0.15, -0.1) is 0 Å². The van der Waals surface area contributed by atoms with Crippen LogP contribution in [0.1, 0.15) is 12.2 Å². The zero-order valence-corrected chi connectivity index (χ0v) is 9.21. The fourth-order valence-corrected chi connectivity index (χ4v) is 1.64. The van der Waals surface area contributed by atoms with E-state index in [0.29, 0.717) is 6.54 Å². The van der Waals surface area contributed by atoms with Gasteiger partial charge in [0, 0.05) is 17.1 Å². The van der Waals surface area contributed by atoms with Crippen LogP contribution in [0.15, 0.2) is 16.7 Å². The molecule has 2 rings (SSSR count). The van der Waals surface area contributed by atoms with E-state index in [1.807, 2.05) is 6.07 Å². The summed E-state index contributed by atoms with van der Waals surface area (Å²) < 4.78 is 0.957. The van der Waals surface area contributed by atoms with Gasteiger partial charge in [0.2, 0.25) is 0 Å². The standard InChI is InChI=1S/C9H11BrN4/c10-6-4-7-9(12-5-6)14-8(13-7)2-1-3-11/h4-5H,1-3,11H2,(H,12,13,14). The lowest BCUT2D eigenvalue weighted by atomic mass is 10.3. The first kappa shape index (κ1) is 9.61. The fraction of sp³-hybridized carbons (Fsp3) is 0.333. The van der Waals surface area contributed by atoms with Gasteiger partial charge >= 0.3 is 0 Å². The molecule has 2 heterocycles. The van der Waals surface area contributed by atoms with Crippen molar-refractivity contribution in [3.05, 3.63) is 22.6 Å². The van der Waals surface area contributed by atoms with E-state index in [1.54, 1.807) is 6.20 Å². The van der Waals surface area contributed by atoms with Crippen LogP contribution >= 0.6 is 15.9 Å². The molecule has 0 fully saturated rings. The maximum absolute atomic E-state index is 5.43. The number of hydrogen-bond donors (Lipinski definition) is 2. The Labute approximate surface area is 90.1 Å². The molecule has 3 N–H and O–H groups in total. The van der Waals surface area contributed by atoms with Gasteiger partial charge in [0.15, 0.2) is 5.65 Å². The highest BCUT2D eigenvalue weighted by Gasteiger charge is 2.03. The molecule has 0 saturated carbocycles. The van der Waals surface area contributed by atoms with Crippen LogP contribution in [0.4, 0.5) is 0 Å². The quantitative estimate of drug-likeness (QED) is 0.875. The summed E-state index contributed by atoms with van der Waals surface area (Å²) in [5, 5.41) is 0. The normalized spacial score (nSPS) is 11.0. The Morgan fingerprint density at radius 1 is 1.50 bits per heavy atom. The lowest BCUT2D eigenvalue weighted by Gasteiger charge is -1.90. The number of pyridine rings is 1. The smallest absolute Gasteiger partial charge is 0.177 e. The zero-order chi connectivity index (χ0) is 9.97. The second-order valence-corrected chi connectivity index (χ2v) is 4.02. The Bertz CT molecular complexity index is 437. The minimum absolute atomic E-state index is 0.689. The molecule has 0 amide bonds. The topological polar surface area (TPSA) is 67.6 Å². The first-order valence-corrected chi connectivity index (χ1v) is 5.29. The monoisotopic (exact) mass is 254 g/mol. The maximum atomic E-state index is 5.43. The second-order valence-electron chi connectivity index (χ2n) is 3.10. The first-order valence-electron chi connectivity index (χ1n) is 4.50. The minimum atomic E-state index is 0.689. The Hall–Kier alpha value is -0.940. The van der Waals surface area contributed by atoms with Gasteiger partial charge in [0.25, 0.3) is 0 Å². The predicted molar refractivity (Wildman–Crippen MR) is 59.0 cm³/mol. The summed E-state index contributed by atoms with van der Waals surface area (Å²) in [4.78, 5) is 11.7. The number of fused-ring (bicyclic) bond motifs is 1. The highest BCUT2D eigenvalue weighted by Crippen LogP contribution is 2.15. The molecule has 0 aliphatic carbocycles. The van der Waals surface area contributed by atoms with Crippen LogP contribution in [0.5, 0.6) is 0 Å². The lowest BCUT2D eigenvalue weighted by Crippen LogP contribution is -2.01. The van der Waals surface area contributed by atoms with Gasteiger partial charge in [-0.25, -0.2) is 9.97 Å². The average molecular weight is 255 g/mol. The van der Waals surface area contributed by atoms with Crippen molar-refractivity contribution < 1.29 is 0 Å². The molecule has 2 aromatic rings. The number of aromatic nitrogens is 3. The Kier molecular flexibility index (Phi) is 2.79. The third kappa shape index (κ3) is 1.93. The van der Waals surface area contributed by atoms with Gasteiger partial charge in [0.05, 0.1) is 5.52 Å². The van der Waals surface area contributed by atoms with Gasteiger partial charge in [0.1, 0.15) is 5.82 Å². The molecule has 0 radical (unpaired) electrons. The zero-order valence-electron chi connectivity index (χ0n) is 7.63. The van der Waals surface area contributed by atoms with Crippen molar-refractivity contribution in [1.82, 2.24) is 15.0 Å². The third-order valence-electron chi connectivity index (χ3n) is 1.97. The van der Waals surface area contributed by atoms with E-state index in [2.05, 4.69) is 30.9 Å². The van der Waals surface area contributed by atoms with Crippen LogP contribution in [-0.4, -0.2) is 21.5 Å². The van der Waals surface area contributed by atoms with Crippen molar-refractivity contribution in [2.45, 2.75) is 12.8 Å². The summed E-state index contributed by atoms with van der Waals surface area (Å²) in [5.41, 5.74) is 7.16. The third-order valence-corrected chi connectivity index (χ3v) is 2.40. The molecular weight excluding hydrogens is 244 g/mol. The molecule has 0 bridgehead atoms. The van der Waals surface area contributed by atoms with E-state index >= 15 is 0 Å². The highest BCUT2D eigenvalue weighted by molar-refractivity contribution is 9.10. The van der Waals surface area contributed by atoms with Gasteiger partial charge in [-0.2, -0.15) is 0 Å². The molecule has 74 valence electrons. The summed E-state index contributed by atoms with van der Waals surface area (Å²) >= 11 is 3.36. The van der Waals surface area contributed by atoms with E-state index in [1.165, 1.54) is 0 Å². The maximum Gasteiger partial charge on any atom is 0.177 e. The molecule has 14 heavy (non-hydrogen) atoms. The van der Waals surface area contributed by atoms with E-state index in [9.17, 15) is 0 Å². The van der Waals surface area contributed by atoms with E-state index in [4.69, 9.17) is 5.73 Å². The summed E-state index contributed by atoms with van der Waals surface area (Å²) in [7, 11) is 0. The summed E-state index contributed by atoms with van der Waals surface area (Å²) in [6.07, 6.45) is 3.57. The Balaban J connectivity index is 2.32. The van der Waals surface area contributed by atoms with Crippen LogP contribution in [0, 0.1) is 0 Å². The molecule has 0 saturated heterocycles. The number of nitrogens with one attached hydrogen (secondary N) is 1. The summed E-state index contributed by atoms with van der Waals surface area (Å²) in [6.45, 7) is 0.689. The number of imidazole rings is 1. The molecule has 0 aromatic carbocycles. The fourth-order valence-electron chi connectivity index (χ4n) is 1.31. The number of hydrogen-bond acceptors (Lipinski definition) is 3. The van der Waals surface area contributed by atoms with Crippen molar-refractivity contribution in [3.63, 3.8) is 0 Å². The largest absolute Gasteiger partial charge is 0.341 e. The molecule has 0 spiro atoms. The molecule has 4 nitrogen and oxygen atoms in total. The van der Waals surface area contributed by atoms with Crippen molar-refractivity contribution in [2.75, 3.05) is 6.54 Å². The number of nitrogens with two attached hydrogens (primary N) is 1. The van der Waals surface area contributed by atoms with E-state index in [0.717, 1.165) is 34.3 Å². The number of rotatable bonds is 3. The van der Waals surface area contributed by atoms with Crippen LogP contribution in [0.3, 0.4) is 0 Å². The van der Waals surface area contributed by atoms with Crippen LogP contribution in [0.25, 0.3) is 11.2 Å². The van der Waals surface area contributed by atoms with Crippen molar-refractivity contribution in [3.8, 4) is 0 Å². The van der Waals surface area contributed by atoms with Gasteiger partial charge in [-0.3, -0.25) is 0 Å². The SMILES string of the molecule is NCCCc1nc2ncc(Br)cc2[nH]1. The first-order chi connectivity index (χ1) is 6.79. The number of halogens is 1. The van der Waals surface area contributed by atoms with Gasteiger partial charge in [-0.05, 0) is 35.0 Å². The predicted octanol–water partition coefficient (Wildman–Crippen LogP) is 1.61. The lowest BCUT2D eigenvalue weighted by molar-refractivity contribution is 0.796. The van der Waals surface area contributed by atoms with Crippen LogP contribution in [0.2, 0.25) is 0 Å². The number of aromatic amines is 1. The number of nitrogens with zero attached hydrogens (tertiary/aromatic N) is 2. The molecule has 0 unspecified atom stereocenters. The highest BCUT2D eigenvalue weighted by atomic mass is 79.9. The average Bonchev–Trinajstić information content (AvgIpc) is 2.56. The second kappa shape index (κ2) is 4.06.